The number of carbonyl (C=O) groups excluding carboxylic acids is 1. The number of carbonyl (C=O) groups is 1. The number of H-pyrrole nitrogens is 1. The Bertz CT molecular complexity index is 466. The molecule has 1 aliphatic heterocycles. The molecular formula is C15H24N4O. The maximum atomic E-state index is 12.4. The van der Waals surface area contributed by atoms with Crippen LogP contribution in [0.1, 0.15) is 68.3 Å². The van der Waals surface area contributed by atoms with Gasteiger partial charge < -0.3 is 4.90 Å². The molecule has 1 saturated heterocycles. The highest BCUT2D eigenvalue weighted by Crippen LogP contribution is 2.44. The molecule has 1 aliphatic carbocycles. The van der Waals surface area contributed by atoms with Crippen LogP contribution >= 0.6 is 0 Å². The summed E-state index contributed by atoms with van der Waals surface area (Å²) in [5.41, 5.74) is 0.530. The first-order valence-corrected chi connectivity index (χ1v) is 7.93. The van der Waals surface area contributed by atoms with Crippen LogP contribution in [0.3, 0.4) is 0 Å². The molecule has 20 heavy (non-hydrogen) atoms. The van der Waals surface area contributed by atoms with E-state index in [4.69, 9.17) is 0 Å². The SMILES string of the molecule is CCc1nc(C(=O)N2CCC3(CCCCC3)CC2)n[nH]1. The average molecular weight is 276 g/mol. The number of likely N-dealkylation sites (tertiary alicyclic amines) is 1. The summed E-state index contributed by atoms with van der Waals surface area (Å²) in [5.74, 6) is 1.11. The lowest BCUT2D eigenvalue weighted by Gasteiger charge is -2.44. The highest BCUT2D eigenvalue weighted by Gasteiger charge is 2.37. The third-order valence-corrected chi connectivity index (χ3v) is 5.08. The average Bonchev–Trinajstić information content (AvgIpc) is 2.97. The summed E-state index contributed by atoms with van der Waals surface area (Å²) < 4.78 is 0. The van der Waals surface area contributed by atoms with Gasteiger partial charge in [-0.3, -0.25) is 9.89 Å². The molecule has 1 amide bonds. The highest BCUT2D eigenvalue weighted by molar-refractivity contribution is 5.90. The normalized spacial score (nSPS) is 22.1. The van der Waals surface area contributed by atoms with Gasteiger partial charge in [0.1, 0.15) is 5.82 Å². The summed E-state index contributed by atoms with van der Waals surface area (Å²) in [6.45, 7) is 3.74. The minimum atomic E-state index is -0.00777. The van der Waals surface area contributed by atoms with Crippen molar-refractivity contribution < 1.29 is 4.79 Å². The molecule has 0 radical (unpaired) electrons. The van der Waals surface area contributed by atoms with E-state index >= 15 is 0 Å². The fourth-order valence-electron chi connectivity index (χ4n) is 3.68. The predicted molar refractivity (Wildman–Crippen MR) is 76.4 cm³/mol. The van der Waals surface area contributed by atoms with Gasteiger partial charge in [-0.2, -0.15) is 0 Å². The Morgan fingerprint density at radius 1 is 1.20 bits per heavy atom. The van der Waals surface area contributed by atoms with E-state index in [1.807, 2.05) is 11.8 Å². The molecule has 1 spiro atoms. The second-order valence-electron chi connectivity index (χ2n) is 6.31. The number of amides is 1. The summed E-state index contributed by atoms with van der Waals surface area (Å²) in [6, 6.07) is 0. The highest BCUT2D eigenvalue weighted by atomic mass is 16.2. The Kier molecular flexibility index (Phi) is 3.76. The zero-order valence-corrected chi connectivity index (χ0v) is 12.3. The lowest BCUT2D eigenvalue weighted by molar-refractivity contribution is 0.0462. The Labute approximate surface area is 120 Å². The molecular weight excluding hydrogens is 252 g/mol. The smallest absolute Gasteiger partial charge is 0.293 e. The van der Waals surface area contributed by atoms with Gasteiger partial charge in [0.2, 0.25) is 5.82 Å². The van der Waals surface area contributed by atoms with Crippen molar-refractivity contribution in [2.24, 2.45) is 5.41 Å². The van der Waals surface area contributed by atoms with Crippen molar-refractivity contribution in [2.75, 3.05) is 13.1 Å². The van der Waals surface area contributed by atoms with E-state index in [1.54, 1.807) is 0 Å². The lowest BCUT2D eigenvalue weighted by Crippen LogP contribution is -2.44. The number of nitrogens with zero attached hydrogens (tertiary/aromatic N) is 3. The van der Waals surface area contributed by atoms with Crippen LogP contribution < -0.4 is 0 Å². The number of nitrogens with one attached hydrogen (secondary N) is 1. The van der Waals surface area contributed by atoms with E-state index in [0.29, 0.717) is 11.2 Å². The molecule has 2 heterocycles. The topological polar surface area (TPSA) is 61.9 Å². The van der Waals surface area contributed by atoms with Crippen LogP contribution in [0.4, 0.5) is 0 Å². The maximum absolute atomic E-state index is 12.4. The Morgan fingerprint density at radius 2 is 1.90 bits per heavy atom. The largest absolute Gasteiger partial charge is 0.336 e. The molecule has 110 valence electrons. The summed E-state index contributed by atoms with van der Waals surface area (Å²) in [4.78, 5) is 18.6. The van der Waals surface area contributed by atoms with Crippen molar-refractivity contribution in [3.8, 4) is 0 Å². The lowest BCUT2D eigenvalue weighted by atomic mass is 9.68. The van der Waals surface area contributed by atoms with E-state index in [-0.39, 0.29) is 5.91 Å². The fraction of sp³-hybridized carbons (Fsp3) is 0.800. The van der Waals surface area contributed by atoms with Crippen LogP contribution in [0.5, 0.6) is 0 Å². The van der Waals surface area contributed by atoms with E-state index < -0.39 is 0 Å². The van der Waals surface area contributed by atoms with Crippen LogP contribution in [-0.2, 0) is 6.42 Å². The predicted octanol–water partition coefficient (Wildman–Crippen LogP) is 2.55. The molecule has 1 saturated carbocycles. The summed E-state index contributed by atoms with van der Waals surface area (Å²) in [7, 11) is 0. The zero-order valence-electron chi connectivity index (χ0n) is 12.3. The van der Waals surface area contributed by atoms with Crippen molar-refractivity contribution in [1.29, 1.82) is 0 Å². The molecule has 1 aromatic rings. The molecule has 2 aliphatic rings. The molecule has 3 rings (SSSR count). The quantitative estimate of drug-likeness (QED) is 0.903. The first-order valence-electron chi connectivity index (χ1n) is 7.93. The van der Waals surface area contributed by atoms with E-state index in [0.717, 1.165) is 38.2 Å². The van der Waals surface area contributed by atoms with Crippen molar-refractivity contribution in [2.45, 2.75) is 58.3 Å². The molecule has 0 bridgehead atoms. The number of aromatic nitrogens is 3. The van der Waals surface area contributed by atoms with Crippen LogP contribution in [-0.4, -0.2) is 39.1 Å². The van der Waals surface area contributed by atoms with E-state index in [2.05, 4.69) is 15.2 Å². The number of aromatic amines is 1. The molecule has 2 fully saturated rings. The molecule has 1 aromatic heterocycles. The molecule has 0 aromatic carbocycles. The number of rotatable bonds is 2. The monoisotopic (exact) mass is 276 g/mol. The molecule has 5 nitrogen and oxygen atoms in total. The van der Waals surface area contributed by atoms with Gasteiger partial charge in [-0.1, -0.05) is 26.2 Å². The standard InChI is InChI=1S/C15H24N4O/c1-2-12-16-13(18-17-12)14(20)19-10-8-15(9-11-19)6-4-3-5-7-15/h2-11H2,1H3,(H,16,17,18). The molecule has 1 N–H and O–H groups in total. The van der Waals surface area contributed by atoms with Gasteiger partial charge in [0.15, 0.2) is 0 Å². The second-order valence-corrected chi connectivity index (χ2v) is 6.31. The van der Waals surface area contributed by atoms with Crippen LogP contribution in [0.2, 0.25) is 0 Å². The number of hydrogen-bond acceptors (Lipinski definition) is 3. The van der Waals surface area contributed by atoms with Gasteiger partial charge in [-0.05, 0) is 31.1 Å². The Hall–Kier alpha value is -1.39. The number of hydrogen-bond donors (Lipinski definition) is 1. The van der Waals surface area contributed by atoms with Crippen molar-refractivity contribution in [3.05, 3.63) is 11.6 Å². The number of piperidine rings is 1. The maximum Gasteiger partial charge on any atom is 0.293 e. The van der Waals surface area contributed by atoms with Gasteiger partial charge in [-0.15, -0.1) is 5.10 Å². The van der Waals surface area contributed by atoms with Crippen molar-refractivity contribution in [1.82, 2.24) is 20.1 Å². The van der Waals surface area contributed by atoms with Gasteiger partial charge in [0, 0.05) is 19.5 Å². The minimum Gasteiger partial charge on any atom is -0.336 e. The summed E-state index contributed by atoms with van der Waals surface area (Å²) in [6.07, 6.45) is 9.94. The van der Waals surface area contributed by atoms with E-state index in [9.17, 15) is 4.79 Å². The van der Waals surface area contributed by atoms with Crippen molar-refractivity contribution in [3.63, 3.8) is 0 Å². The van der Waals surface area contributed by atoms with Crippen LogP contribution in [0.25, 0.3) is 0 Å². The fourth-order valence-corrected chi connectivity index (χ4v) is 3.68. The molecule has 0 atom stereocenters. The van der Waals surface area contributed by atoms with Gasteiger partial charge in [0.25, 0.3) is 5.91 Å². The first-order chi connectivity index (χ1) is 9.72. The summed E-state index contributed by atoms with van der Waals surface area (Å²) in [5, 5.41) is 6.86. The summed E-state index contributed by atoms with van der Waals surface area (Å²) >= 11 is 0. The van der Waals surface area contributed by atoms with Gasteiger partial charge in [0.05, 0.1) is 0 Å². The van der Waals surface area contributed by atoms with Gasteiger partial charge in [-0.25, -0.2) is 4.98 Å². The zero-order chi connectivity index (χ0) is 14.0. The first kappa shape index (κ1) is 13.6. The number of aryl methyl sites for hydroxylation is 1. The minimum absolute atomic E-state index is 0.00777. The van der Waals surface area contributed by atoms with E-state index in [1.165, 1.54) is 32.1 Å². The van der Waals surface area contributed by atoms with Crippen LogP contribution in [0, 0.1) is 5.41 Å². The third kappa shape index (κ3) is 2.58. The van der Waals surface area contributed by atoms with Crippen molar-refractivity contribution >= 4 is 5.91 Å². The Morgan fingerprint density at radius 3 is 2.50 bits per heavy atom. The van der Waals surface area contributed by atoms with Gasteiger partial charge >= 0.3 is 0 Å². The second kappa shape index (κ2) is 5.54. The molecule has 5 heteroatoms. The molecule has 0 unspecified atom stereocenters. The third-order valence-electron chi connectivity index (χ3n) is 5.08. The Balaban J connectivity index is 1.61. The van der Waals surface area contributed by atoms with Crippen LogP contribution in [0.15, 0.2) is 0 Å².